The van der Waals surface area contributed by atoms with Crippen LogP contribution in [0.15, 0.2) is 73.3 Å². The second-order valence-corrected chi connectivity index (χ2v) is 5.20. The molecule has 0 unspecified atom stereocenters. The molecule has 0 saturated carbocycles. The van der Waals surface area contributed by atoms with Crippen LogP contribution in [0.4, 0.5) is 0 Å². The second-order valence-electron chi connectivity index (χ2n) is 5.20. The van der Waals surface area contributed by atoms with Crippen molar-refractivity contribution in [2.24, 2.45) is 0 Å². The van der Waals surface area contributed by atoms with Crippen LogP contribution in [-0.2, 0) is 6.54 Å². The molecule has 104 valence electrons. The molecule has 0 amide bonds. The van der Waals surface area contributed by atoms with Crippen LogP contribution in [0, 0.1) is 0 Å². The molecule has 0 aliphatic carbocycles. The highest BCUT2D eigenvalue weighted by Crippen LogP contribution is 2.21. The van der Waals surface area contributed by atoms with E-state index in [9.17, 15) is 0 Å². The molecular formula is C19H23N. The quantitative estimate of drug-likeness (QED) is 0.726. The number of rotatable bonds is 7. The molecular weight excluding hydrogens is 242 g/mol. The molecule has 2 aromatic rings. The highest BCUT2D eigenvalue weighted by atomic mass is 14.9. The van der Waals surface area contributed by atoms with E-state index >= 15 is 0 Å². The Bertz CT molecular complexity index is 504. The lowest BCUT2D eigenvalue weighted by molar-refractivity contribution is 0.451. The summed E-state index contributed by atoms with van der Waals surface area (Å²) in [6, 6.07) is 21.6. The molecule has 1 N–H and O–H groups in total. The number of hydrogen-bond donors (Lipinski definition) is 1. The molecule has 2 rings (SSSR count). The van der Waals surface area contributed by atoms with Crippen molar-refractivity contribution in [3.63, 3.8) is 0 Å². The minimum atomic E-state index is 0.412. The first-order valence-electron chi connectivity index (χ1n) is 7.24. The SMILES string of the molecule is C=CC[C@@H](NCc1ccccc1)[C@H](C)c1ccccc1. The van der Waals surface area contributed by atoms with Crippen LogP contribution in [0.5, 0.6) is 0 Å². The molecule has 2 aromatic carbocycles. The highest BCUT2D eigenvalue weighted by Gasteiger charge is 2.16. The van der Waals surface area contributed by atoms with Crippen LogP contribution in [0.1, 0.15) is 30.4 Å². The molecule has 0 aliphatic heterocycles. The third-order valence-corrected chi connectivity index (χ3v) is 3.76. The van der Waals surface area contributed by atoms with E-state index < -0.39 is 0 Å². The Morgan fingerprint density at radius 2 is 1.60 bits per heavy atom. The van der Waals surface area contributed by atoms with Gasteiger partial charge in [-0.05, 0) is 23.5 Å². The summed E-state index contributed by atoms with van der Waals surface area (Å²) in [5.41, 5.74) is 2.70. The molecule has 0 spiro atoms. The Balaban J connectivity index is 2.01. The fourth-order valence-corrected chi connectivity index (χ4v) is 2.48. The minimum Gasteiger partial charge on any atom is -0.309 e. The second kappa shape index (κ2) is 7.66. The van der Waals surface area contributed by atoms with Crippen LogP contribution < -0.4 is 5.32 Å². The summed E-state index contributed by atoms with van der Waals surface area (Å²) < 4.78 is 0. The standard InChI is InChI=1S/C19H23N/c1-3-10-19(16(2)18-13-8-5-9-14-18)20-15-17-11-6-4-7-12-17/h3-9,11-14,16,19-20H,1,10,15H2,2H3/t16-,19-/m1/s1. The van der Waals surface area contributed by atoms with Crippen molar-refractivity contribution in [2.75, 3.05) is 0 Å². The van der Waals surface area contributed by atoms with Crippen molar-refractivity contribution in [2.45, 2.75) is 31.8 Å². The van der Waals surface area contributed by atoms with E-state index in [0.29, 0.717) is 12.0 Å². The first-order valence-corrected chi connectivity index (χ1v) is 7.24. The molecule has 0 aliphatic rings. The van der Waals surface area contributed by atoms with Gasteiger partial charge in [0.15, 0.2) is 0 Å². The molecule has 1 nitrogen and oxygen atoms in total. The van der Waals surface area contributed by atoms with Crippen LogP contribution in [0.2, 0.25) is 0 Å². The zero-order chi connectivity index (χ0) is 14.2. The predicted octanol–water partition coefficient (Wildman–Crippen LogP) is 4.52. The first kappa shape index (κ1) is 14.5. The van der Waals surface area contributed by atoms with Crippen molar-refractivity contribution in [1.82, 2.24) is 5.32 Å². The van der Waals surface area contributed by atoms with E-state index in [-0.39, 0.29) is 0 Å². The summed E-state index contributed by atoms with van der Waals surface area (Å²) in [4.78, 5) is 0. The lowest BCUT2D eigenvalue weighted by Gasteiger charge is -2.25. The molecule has 0 radical (unpaired) electrons. The van der Waals surface area contributed by atoms with Gasteiger partial charge in [-0.15, -0.1) is 6.58 Å². The minimum absolute atomic E-state index is 0.412. The molecule has 20 heavy (non-hydrogen) atoms. The van der Waals surface area contributed by atoms with E-state index in [1.165, 1.54) is 11.1 Å². The zero-order valence-electron chi connectivity index (χ0n) is 12.1. The maximum absolute atomic E-state index is 3.89. The third kappa shape index (κ3) is 4.07. The zero-order valence-corrected chi connectivity index (χ0v) is 12.1. The van der Waals surface area contributed by atoms with E-state index in [0.717, 1.165) is 13.0 Å². The van der Waals surface area contributed by atoms with Crippen molar-refractivity contribution >= 4 is 0 Å². The van der Waals surface area contributed by atoms with Crippen molar-refractivity contribution < 1.29 is 0 Å². The molecule has 1 heteroatoms. The lowest BCUT2D eigenvalue weighted by atomic mass is 9.91. The van der Waals surface area contributed by atoms with E-state index in [1.54, 1.807) is 0 Å². The Labute approximate surface area is 122 Å². The summed E-state index contributed by atoms with van der Waals surface area (Å²) in [6.45, 7) is 7.07. The van der Waals surface area contributed by atoms with Gasteiger partial charge in [-0.1, -0.05) is 73.7 Å². The fourth-order valence-electron chi connectivity index (χ4n) is 2.48. The first-order chi connectivity index (χ1) is 9.81. The molecule has 0 saturated heterocycles. The molecule has 2 atom stereocenters. The average molecular weight is 265 g/mol. The highest BCUT2D eigenvalue weighted by molar-refractivity contribution is 5.21. The Kier molecular flexibility index (Phi) is 5.57. The summed E-state index contributed by atoms with van der Waals surface area (Å²) in [5.74, 6) is 0.470. The fraction of sp³-hybridized carbons (Fsp3) is 0.263. The summed E-state index contributed by atoms with van der Waals surface area (Å²) in [5, 5.41) is 3.66. The normalized spacial score (nSPS) is 13.7. The van der Waals surface area contributed by atoms with Gasteiger partial charge < -0.3 is 5.32 Å². The lowest BCUT2D eigenvalue weighted by Crippen LogP contribution is -2.33. The molecule has 0 bridgehead atoms. The topological polar surface area (TPSA) is 12.0 Å². The summed E-state index contributed by atoms with van der Waals surface area (Å²) in [7, 11) is 0. The summed E-state index contributed by atoms with van der Waals surface area (Å²) in [6.07, 6.45) is 2.98. The van der Waals surface area contributed by atoms with Gasteiger partial charge in [0.05, 0.1) is 0 Å². The van der Waals surface area contributed by atoms with Crippen LogP contribution in [0.3, 0.4) is 0 Å². The molecule has 0 fully saturated rings. The average Bonchev–Trinajstić information content (AvgIpc) is 2.52. The van der Waals surface area contributed by atoms with Gasteiger partial charge in [-0.3, -0.25) is 0 Å². The number of nitrogens with one attached hydrogen (secondary N) is 1. The number of benzene rings is 2. The van der Waals surface area contributed by atoms with Gasteiger partial charge in [0, 0.05) is 12.6 Å². The Morgan fingerprint density at radius 3 is 2.20 bits per heavy atom. The van der Waals surface area contributed by atoms with E-state index in [4.69, 9.17) is 0 Å². The largest absolute Gasteiger partial charge is 0.309 e. The van der Waals surface area contributed by atoms with Crippen molar-refractivity contribution in [1.29, 1.82) is 0 Å². The van der Waals surface area contributed by atoms with Gasteiger partial charge in [0.25, 0.3) is 0 Å². The third-order valence-electron chi connectivity index (χ3n) is 3.76. The van der Waals surface area contributed by atoms with Crippen molar-refractivity contribution in [3.8, 4) is 0 Å². The van der Waals surface area contributed by atoms with Gasteiger partial charge in [-0.2, -0.15) is 0 Å². The van der Waals surface area contributed by atoms with Crippen LogP contribution >= 0.6 is 0 Å². The monoisotopic (exact) mass is 265 g/mol. The van der Waals surface area contributed by atoms with Crippen LogP contribution in [-0.4, -0.2) is 6.04 Å². The van der Waals surface area contributed by atoms with Gasteiger partial charge in [-0.25, -0.2) is 0 Å². The van der Waals surface area contributed by atoms with Gasteiger partial charge in [0.1, 0.15) is 0 Å². The predicted molar refractivity (Wildman–Crippen MR) is 86.7 cm³/mol. The van der Waals surface area contributed by atoms with E-state index in [1.807, 2.05) is 6.08 Å². The Hall–Kier alpha value is -1.86. The maximum atomic E-state index is 3.89. The maximum Gasteiger partial charge on any atom is 0.0208 e. The van der Waals surface area contributed by atoms with Crippen LogP contribution in [0.25, 0.3) is 0 Å². The molecule has 0 aromatic heterocycles. The van der Waals surface area contributed by atoms with E-state index in [2.05, 4.69) is 79.5 Å². The van der Waals surface area contributed by atoms with Gasteiger partial charge >= 0.3 is 0 Å². The Morgan fingerprint density at radius 1 is 1.00 bits per heavy atom. The molecule has 0 heterocycles. The smallest absolute Gasteiger partial charge is 0.0208 e. The van der Waals surface area contributed by atoms with Crippen molar-refractivity contribution in [3.05, 3.63) is 84.4 Å². The van der Waals surface area contributed by atoms with Gasteiger partial charge in [0.2, 0.25) is 0 Å². The number of hydrogen-bond acceptors (Lipinski definition) is 1. The summed E-state index contributed by atoms with van der Waals surface area (Å²) >= 11 is 0.